The third-order valence-electron chi connectivity index (χ3n) is 4.32. The Morgan fingerprint density at radius 1 is 1.23 bits per heavy atom. The van der Waals surface area contributed by atoms with E-state index in [4.69, 9.17) is 4.74 Å². The molecule has 9 heteroatoms. The smallest absolute Gasteiger partial charge is 0.191 e. The van der Waals surface area contributed by atoms with Gasteiger partial charge in [0.25, 0.3) is 0 Å². The first-order valence-corrected chi connectivity index (χ1v) is 9.93. The van der Waals surface area contributed by atoms with Crippen molar-refractivity contribution in [1.29, 1.82) is 0 Å². The highest BCUT2D eigenvalue weighted by molar-refractivity contribution is 5.86. The van der Waals surface area contributed by atoms with Crippen molar-refractivity contribution in [3.05, 3.63) is 55.0 Å². The second-order valence-electron chi connectivity index (χ2n) is 6.48. The summed E-state index contributed by atoms with van der Waals surface area (Å²) in [6, 6.07) is 7.89. The average Bonchev–Trinajstić information content (AvgIpc) is 3.15. The predicted molar refractivity (Wildman–Crippen MR) is 120 cm³/mol. The van der Waals surface area contributed by atoms with Gasteiger partial charge in [0.2, 0.25) is 0 Å². The van der Waals surface area contributed by atoms with Crippen LogP contribution in [0.3, 0.4) is 0 Å². The van der Waals surface area contributed by atoms with Crippen LogP contribution in [0.15, 0.2) is 54.4 Å². The Morgan fingerprint density at radius 3 is 2.93 bits per heavy atom. The van der Waals surface area contributed by atoms with E-state index in [9.17, 15) is 0 Å². The summed E-state index contributed by atoms with van der Waals surface area (Å²) < 4.78 is 7.44. The molecular formula is C21H28N8O. The molecule has 0 saturated heterocycles. The predicted octanol–water partition coefficient (Wildman–Crippen LogP) is 2.10. The van der Waals surface area contributed by atoms with E-state index in [0.717, 1.165) is 40.7 Å². The number of hydrogen-bond donors (Lipinski definition) is 3. The Morgan fingerprint density at radius 2 is 2.10 bits per heavy atom. The second-order valence-corrected chi connectivity index (χ2v) is 6.48. The fourth-order valence-corrected chi connectivity index (χ4v) is 2.89. The number of benzene rings is 1. The number of aliphatic imine (C=N–C) groups is 1. The van der Waals surface area contributed by atoms with Crippen molar-refractivity contribution >= 4 is 22.8 Å². The van der Waals surface area contributed by atoms with Gasteiger partial charge in [0.15, 0.2) is 11.6 Å². The summed E-state index contributed by atoms with van der Waals surface area (Å²) in [5.41, 5.74) is 1.82. The number of rotatable bonds is 10. The number of hydrogen-bond acceptors (Lipinski definition) is 6. The van der Waals surface area contributed by atoms with Crippen molar-refractivity contribution in [1.82, 2.24) is 30.4 Å². The van der Waals surface area contributed by atoms with E-state index in [0.29, 0.717) is 26.2 Å². The molecule has 3 N–H and O–H groups in total. The molecule has 30 heavy (non-hydrogen) atoms. The van der Waals surface area contributed by atoms with Gasteiger partial charge in [0, 0.05) is 32.2 Å². The zero-order valence-corrected chi connectivity index (χ0v) is 17.4. The van der Waals surface area contributed by atoms with Crippen LogP contribution in [0.4, 0.5) is 5.82 Å². The van der Waals surface area contributed by atoms with Gasteiger partial charge in [-0.25, -0.2) is 15.0 Å². The van der Waals surface area contributed by atoms with Crippen LogP contribution < -0.4 is 20.7 Å². The molecule has 0 radical (unpaired) electrons. The van der Waals surface area contributed by atoms with Gasteiger partial charge in [-0.3, -0.25) is 4.68 Å². The zero-order chi connectivity index (χ0) is 21.2. The van der Waals surface area contributed by atoms with Crippen molar-refractivity contribution in [2.24, 2.45) is 12.0 Å². The van der Waals surface area contributed by atoms with Gasteiger partial charge in [-0.05, 0) is 13.0 Å². The van der Waals surface area contributed by atoms with E-state index in [1.165, 1.54) is 6.33 Å². The van der Waals surface area contributed by atoms with Gasteiger partial charge < -0.3 is 20.7 Å². The highest BCUT2D eigenvalue weighted by Crippen LogP contribution is 2.19. The fourth-order valence-electron chi connectivity index (χ4n) is 2.89. The van der Waals surface area contributed by atoms with E-state index in [-0.39, 0.29) is 0 Å². The molecule has 3 rings (SSSR count). The van der Waals surface area contributed by atoms with Crippen LogP contribution in [-0.4, -0.2) is 51.9 Å². The maximum Gasteiger partial charge on any atom is 0.191 e. The topological polar surface area (TPSA) is 101 Å². The van der Waals surface area contributed by atoms with Crippen molar-refractivity contribution in [2.75, 3.05) is 31.6 Å². The summed E-state index contributed by atoms with van der Waals surface area (Å²) in [5, 5.41) is 15.0. The quantitative estimate of drug-likeness (QED) is 0.204. The number of para-hydroxylation sites is 1. The molecule has 0 spiro atoms. The van der Waals surface area contributed by atoms with E-state index < -0.39 is 0 Å². The number of guanidine groups is 1. The third kappa shape index (κ3) is 5.47. The van der Waals surface area contributed by atoms with Gasteiger partial charge in [0.05, 0.1) is 18.1 Å². The molecule has 0 bridgehead atoms. The Bertz CT molecular complexity index is 998. The number of nitrogens with one attached hydrogen (secondary N) is 3. The molecule has 2 heterocycles. The zero-order valence-electron chi connectivity index (χ0n) is 17.4. The van der Waals surface area contributed by atoms with Crippen molar-refractivity contribution in [2.45, 2.75) is 13.5 Å². The molecule has 158 valence electrons. The van der Waals surface area contributed by atoms with Gasteiger partial charge in [0.1, 0.15) is 24.5 Å². The molecule has 1 aromatic carbocycles. The minimum Gasteiger partial charge on any atom is -0.489 e. The van der Waals surface area contributed by atoms with Crippen LogP contribution in [0.1, 0.15) is 12.5 Å². The number of nitrogens with zero attached hydrogens (tertiary/aromatic N) is 5. The Balaban J connectivity index is 1.56. The maximum absolute atomic E-state index is 5.71. The minimum atomic E-state index is 0.470. The second kappa shape index (κ2) is 10.8. The molecule has 0 atom stereocenters. The molecule has 9 nitrogen and oxygen atoms in total. The molecule has 0 aliphatic rings. The lowest BCUT2D eigenvalue weighted by atomic mass is 10.2. The van der Waals surface area contributed by atoms with Gasteiger partial charge >= 0.3 is 0 Å². The standard InChI is InChI=1S/C21H28N8O/c1-4-12-30-18-9-7-6-8-16(18)13-25-21(22-5-2)24-11-10-23-19-17-14-28-29(3)20(17)27-15-26-19/h4,6-9,14-15H,1,5,10-13H2,2-3H3,(H2,22,24,25)(H,23,26,27). The summed E-state index contributed by atoms with van der Waals surface area (Å²) in [5.74, 6) is 2.33. The monoisotopic (exact) mass is 408 g/mol. The van der Waals surface area contributed by atoms with Crippen LogP contribution in [0.25, 0.3) is 11.0 Å². The summed E-state index contributed by atoms with van der Waals surface area (Å²) in [7, 11) is 1.86. The largest absolute Gasteiger partial charge is 0.489 e. The Kier molecular flexibility index (Phi) is 7.59. The highest BCUT2D eigenvalue weighted by atomic mass is 16.5. The molecule has 0 unspecified atom stereocenters. The van der Waals surface area contributed by atoms with E-state index in [2.05, 4.69) is 42.6 Å². The number of fused-ring (bicyclic) bond motifs is 1. The SMILES string of the molecule is C=CCOc1ccccc1CN=C(NCC)NCCNc1ncnc2c1cnn2C. The summed E-state index contributed by atoms with van der Waals surface area (Å²) in [6.45, 7) is 8.83. The van der Waals surface area contributed by atoms with E-state index in [1.54, 1.807) is 17.0 Å². The van der Waals surface area contributed by atoms with Crippen molar-refractivity contribution in [3.63, 3.8) is 0 Å². The molecule has 0 saturated carbocycles. The molecule has 0 aliphatic heterocycles. The van der Waals surface area contributed by atoms with Crippen LogP contribution in [0, 0.1) is 0 Å². The average molecular weight is 409 g/mol. The summed E-state index contributed by atoms with van der Waals surface area (Å²) >= 11 is 0. The number of aromatic nitrogens is 4. The van der Waals surface area contributed by atoms with Crippen molar-refractivity contribution in [3.8, 4) is 5.75 Å². The molecular weight excluding hydrogens is 380 g/mol. The highest BCUT2D eigenvalue weighted by Gasteiger charge is 2.07. The summed E-state index contributed by atoms with van der Waals surface area (Å²) in [6.07, 6.45) is 5.04. The molecule has 0 amide bonds. The number of ether oxygens (including phenoxy) is 1. The van der Waals surface area contributed by atoms with Crippen LogP contribution in [0.5, 0.6) is 5.75 Å². The molecule has 3 aromatic rings. The summed E-state index contributed by atoms with van der Waals surface area (Å²) in [4.78, 5) is 13.2. The van der Waals surface area contributed by atoms with Crippen LogP contribution in [0.2, 0.25) is 0 Å². The van der Waals surface area contributed by atoms with Crippen molar-refractivity contribution < 1.29 is 4.74 Å². The Labute approximate surface area is 176 Å². The van der Waals surface area contributed by atoms with Gasteiger partial charge in [-0.2, -0.15) is 5.10 Å². The van der Waals surface area contributed by atoms with Gasteiger partial charge in [-0.15, -0.1) is 0 Å². The third-order valence-corrected chi connectivity index (χ3v) is 4.32. The lowest BCUT2D eigenvalue weighted by Crippen LogP contribution is -2.39. The first kappa shape index (κ1) is 21.1. The molecule has 0 fully saturated rings. The fraction of sp³-hybridized carbons (Fsp3) is 0.333. The number of anilines is 1. The molecule has 0 aliphatic carbocycles. The lowest BCUT2D eigenvalue weighted by molar-refractivity contribution is 0.359. The molecule has 2 aromatic heterocycles. The normalized spacial score (nSPS) is 11.3. The maximum atomic E-state index is 5.71. The van der Waals surface area contributed by atoms with Gasteiger partial charge in [-0.1, -0.05) is 30.9 Å². The first-order chi connectivity index (χ1) is 14.7. The van der Waals surface area contributed by atoms with Crippen LogP contribution >= 0.6 is 0 Å². The number of aryl methyl sites for hydroxylation is 1. The Hall–Kier alpha value is -3.62. The minimum absolute atomic E-state index is 0.470. The lowest BCUT2D eigenvalue weighted by Gasteiger charge is -2.13. The van der Waals surface area contributed by atoms with Crippen LogP contribution in [-0.2, 0) is 13.6 Å². The first-order valence-electron chi connectivity index (χ1n) is 9.93. The van der Waals surface area contributed by atoms with E-state index >= 15 is 0 Å². The van der Waals surface area contributed by atoms with E-state index in [1.807, 2.05) is 38.2 Å².